The van der Waals surface area contributed by atoms with Crippen LogP contribution >= 0.6 is 0 Å². The highest BCUT2D eigenvalue weighted by atomic mass is 16.5. The Hall–Kier alpha value is -2.00. The van der Waals surface area contributed by atoms with Crippen LogP contribution in [0.25, 0.3) is 0 Å². The van der Waals surface area contributed by atoms with Crippen LogP contribution in [-0.2, 0) is 0 Å². The topological polar surface area (TPSA) is 44.5 Å². The maximum atomic E-state index is 5.72. The van der Waals surface area contributed by atoms with Crippen LogP contribution < -0.4 is 15.2 Å². The second-order valence-corrected chi connectivity index (χ2v) is 3.88. The molecule has 3 nitrogen and oxygen atoms in total. The molecule has 0 aliphatic heterocycles. The Morgan fingerprint density at radius 1 is 0.833 bits per heavy atom. The largest absolute Gasteiger partial charge is 0.493 e. The van der Waals surface area contributed by atoms with E-state index in [9.17, 15) is 0 Å². The van der Waals surface area contributed by atoms with Crippen molar-refractivity contribution < 1.29 is 9.47 Å². The summed E-state index contributed by atoms with van der Waals surface area (Å²) >= 11 is 0. The maximum Gasteiger partial charge on any atom is 0.131 e. The van der Waals surface area contributed by atoms with Crippen LogP contribution in [0.5, 0.6) is 17.2 Å². The highest BCUT2D eigenvalue weighted by Crippen LogP contribution is 2.24. The predicted molar refractivity (Wildman–Crippen MR) is 72.1 cm³/mol. The van der Waals surface area contributed by atoms with Crippen molar-refractivity contribution in [2.45, 2.75) is 6.42 Å². The Balaban J connectivity index is 1.99. The summed E-state index contributed by atoms with van der Waals surface area (Å²) < 4.78 is 11.3. The minimum atomic E-state index is 0.630. The average Bonchev–Trinajstić information content (AvgIpc) is 2.41. The van der Waals surface area contributed by atoms with Crippen molar-refractivity contribution in [2.24, 2.45) is 5.73 Å². The molecule has 3 heteroatoms. The Morgan fingerprint density at radius 3 is 2.33 bits per heavy atom. The molecule has 2 aromatic carbocycles. The van der Waals surface area contributed by atoms with Gasteiger partial charge in [0.05, 0.1) is 6.61 Å². The van der Waals surface area contributed by atoms with Crippen LogP contribution in [0.3, 0.4) is 0 Å². The molecule has 0 aliphatic rings. The predicted octanol–water partition coefficient (Wildman–Crippen LogP) is 3.21. The van der Waals surface area contributed by atoms with Crippen molar-refractivity contribution in [3.8, 4) is 17.2 Å². The SMILES string of the molecule is NCCCOc1cccc(Oc2ccccc2)c1. The molecule has 0 fully saturated rings. The summed E-state index contributed by atoms with van der Waals surface area (Å²) in [5.41, 5.74) is 5.42. The van der Waals surface area contributed by atoms with Crippen molar-refractivity contribution in [1.82, 2.24) is 0 Å². The number of rotatable bonds is 6. The van der Waals surface area contributed by atoms with E-state index < -0.39 is 0 Å². The van der Waals surface area contributed by atoms with Gasteiger partial charge < -0.3 is 15.2 Å². The lowest BCUT2D eigenvalue weighted by Gasteiger charge is -2.08. The van der Waals surface area contributed by atoms with Gasteiger partial charge in [0.25, 0.3) is 0 Å². The molecule has 2 aromatic rings. The van der Waals surface area contributed by atoms with E-state index in [-0.39, 0.29) is 0 Å². The molecule has 2 rings (SSSR count). The van der Waals surface area contributed by atoms with Crippen LogP contribution in [0, 0.1) is 0 Å². The first kappa shape index (κ1) is 12.5. The van der Waals surface area contributed by atoms with Crippen LogP contribution in [0.1, 0.15) is 6.42 Å². The van der Waals surface area contributed by atoms with Crippen LogP contribution in [0.15, 0.2) is 54.6 Å². The molecule has 0 radical (unpaired) electrons. The summed E-state index contributed by atoms with van der Waals surface area (Å²) in [6, 6.07) is 17.3. The number of para-hydroxylation sites is 1. The number of hydrogen-bond donors (Lipinski definition) is 1. The summed E-state index contributed by atoms with van der Waals surface area (Å²) in [6.45, 7) is 1.27. The highest BCUT2D eigenvalue weighted by molar-refractivity contribution is 5.36. The van der Waals surface area contributed by atoms with Crippen molar-refractivity contribution in [1.29, 1.82) is 0 Å². The molecular weight excluding hydrogens is 226 g/mol. The van der Waals surface area contributed by atoms with E-state index in [1.165, 1.54) is 0 Å². The molecule has 94 valence electrons. The Bertz CT molecular complexity index is 471. The van der Waals surface area contributed by atoms with Gasteiger partial charge in [0, 0.05) is 6.07 Å². The van der Waals surface area contributed by atoms with Gasteiger partial charge in [-0.15, -0.1) is 0 Å². The van der Waals surface area contributed by atoms with Gasteiger partial charge in [-0.25, -0.2) is 0 Å². The van der Waals surface area contributed by atoms with Crippen LogP contribution in [0.4, 0.5) is 0 Å². The Labute approximate surface area is 107 Å². The van der Waals surface area contributed by atoms with Crippen molar-refractivity contribution in [3.63, 3.8) is 0 Å². The van der Waals surface area contributed by atoms with Gasteiger partial charge in [-0.2, -0.15) is 0 Å². The van der Waals surface area contributed by atoms with Gasteiger partial charge >= 0.3 is 0 Å². The van der Waals surface area contributed by atoms with E-state index in [2.05, 4.69) is 0 Å². The van der Waals surface area contributed by atoms with Gasteiger partial charge in [-0.1, -0.05) is 24.3 Å². The first-order valence-electron chi connectivity index (χ1n) is 6.04. The quantitative estimate of drug-likeness (QED) is 0.792. The summed E-state index contributed by atoms with van der Waals surface area (Å²) in [5.74, 6) is 2.39. The zero-order valence-corrected chi connectivity index (χ0v) is 10.2. The molecule has 0 saturated heterocycles. The number of hydrogen-bond acceptors (Lipinski definition) is 3. The monoisotopic (exact) mass is 243 g/mol. The molecular formula is C15H17NO2. The van der Waals surface area contributed by atoms with E-state index in [4.69, 9.17) is 15.2 Å². The lowest BCUT2D eigenvalue weighted by Crippen LogP contribution is -2.05. The number of benzene rings is 2. The van der Waals surface area contributed by atoms with E-state index in [0.29, 0.717) is 13.2 Å². The zero-order chi connectivity index (χ0) is 12.6. The van der Waals surface area contributed by atoms with Gasteiger partial charge in [0.15, 0.2) is 0 Å². The zero-order valence-electron chi connectivity index (χ0n) is 10.2. The molecule has 0 unspecified atom stereocenters. The summed E-state index contributed by atoms with van der Waals surface area (Å²) in [5, 5.41) is 0. The first-order chi connectivity index (χ1) is 8.88. The van der Waals surface area contributed by atoms with E-state index in [1.54, 1.807) is 0 Å². The smallest absolute Gasteiger partial charge is 0.131 e. The first-order valence-corrected chi connectivity index (χ1v) is 6.04. The van der Waals surface area contributed by atoms with Crippen LogP contribution in [-0.4, -0.2) is 13.2 Å². The lowest BCUT2D eigenvalue weighted by molar-refractivity contribution is 0.312. The number of nitrogens with two attached hydrogens (primary N) is 1. The fourth-order valence-electron chi connectivity index (χ4n) is 1.53. The van der Waals surface area contributed by atoms with Crippen molar-refractivity contribution >= 4 is 0 Å². The van der Waals surface area contributed by atoms with E-state index in [1.807, 2.05) is 54.6 Å². The van der Waals surface area contributed by atoms with Gasteiger partial charge in [-0.3, -0.25) is 0 Å². The van der Waals surface area contributed by atoms with Gasteiger partial charge in [0.2, 0.25) is 0 Å². The molecule has 0 heterocycles. The Kier molecular flexibility index (Phi) is 4.61. The summed E-state index contributed by atoms with van der Waals surface area (Å²) in [4.78, 5) is 0. The fourth-order valence-corrected chi connectivity index (χ4v) is 1.53. The molecule has 0 bridgehead atoms. The minimum absolute atomic E-state index is 0.630. The van der Waals surface area contributed by atoms with Crippen molar-refractivity contribution in [3.05, 3.63) is 54.6 Å². The molecule has 0 aromatic heterocycles. The summed E-state index contributed by atoms with van der Waals surface area (Å²) in [6.07, 6.45) is 0.851. The van der Waals surface area contributed by atoms with E-state index in [0.717, 1.165) is 23.7 Å². The molecule has 0 amide bonds. The third kappa shape index (κ3) is 3.79. The second-order valence-electron chi connectivity index (χ2n) is 3.88. The average molecular weight is 243 g/mol. The van der Waals surface area contributed by atoms with Gasteiger partial charge in [-0.05, 0) is 37.2 Å². The molecule has 0 atom stereocenters. The summed E-state index contributed by atoms with van der Waals surface area (Å²) in [7, 11) is 0. The maximum absolute atomic E-state index is 5.72. The molecule has 0 aliphatic carbocycles. The van der Waals surface area contributed by atoms with E-state index >= 15 is 0 Å². The number of ether oxygens (including phenoxy) is 2. The van der Waals surface area contributed by atoms with Gasteiger partial charge in [0.1, 0.15) is 17.2 Å². The molecule has 2 N–H and O–H groups in total. The molecule has 0 spiro atoms. The normalized spacial score (nSPS) is 10.1. The standard InChI is InChI=1S/C15H17NO2/c16-10-5-11-17-14-8-4-9-15(12-14)18-13-6-2-1-3-7-13/h1-4,6-9,12H,5,10-11,16H2. The third-order valence-electron chi connectivity index (χ3n) is 2.40. The third-order valence-corrected chi connectivity index (χ3v) is 2.40. The molecule has 18 heavy (non-hydrogen) atoms. The lowest BCUT2D eigenvalue weighted by atomic mass is 10.3. The fraction of sp³-hybridized carbons (Fsp3) is 0.200. The second kappa shape index (κ2) is 6.67. The van der Waals surface area contributed by atoms with Crippen LogP contribution in [0.2, 0.25) is 0 Å². The minimum Gasteiger partial charge on any atom is -0.493 e. The highest BCUT2D eigenvalue weighted by Gasteiger charge is 1.99. The van der Waals surface area contributed by atoms with Crippen molar-refractivity contribution in [2.75, 3.05) is 13.2 Å². The molecule has 0 saturated carbocycles. The Morgan fingerprint density at radius 2 is 1.56 bits per heavy atom.